The van der Waals surface area contributed by atoms with Gasteiger partial charge in [0.1, 0.15) is 0 Å². The molecule has 0 fully saturated rings. The Morgan fingerprint density at radius 3 is 2.60 bits per heavy atom. The van der Waals surface area contributed by atoms with Gasteiger partial charge >= 0.3 is 0 Å². The van der Waals surface area contributed by atoms with E-state index in [1.807, 2.05) is 0 Å². The highest BCUT2D eigenvalue weighted by Crippen LogP contribution is 2.10. The molecule has 6 heteroatoms. The lowest BCUT2D eigenvalue weighted by molar-refractivity contribution is -0.123. The topological polar surface area (TPSA) is 78.4 Å². The Hall–Kier alpha value is -1.59. The highest BCUT2D eigenvalue weighted by atomic mass is 35.5. The number of amides is 2. The van der Waals surface area contributed by atoms with Gasteiger partial charge in [-0.05, 0) is 39.0 Å². The van der Waals surface area contributed by atoms with E-state index in [0.717, 1.165) is 0 Å². The number of hydrogen-bond donors (Lipinski definition) is 3. The van der Waals surface area contributed by atoms with Crippen LogP contribution in [0.1, 0.15) is 31.1 Å². The Morgan fingerprint density at radius 1 is 1.40 bits per heavy atom. The van der Waals surface area contributed by atoms with Gasteiger partial charge in [0, 0.05) is 10.6 Å². The Morgan fingerprint density at radius 2 is 2.05 bits per heavy atom. The summed E-state index contributed by atoms with van der Waals surface area (Å²) in [5.74, 6) is -0.746. The molecular weight excluding hydrogens is 280 g/mol. The summed E-state index contributed by atoms with van der Waals surface area (Å²) in [4.78, 5) is 23.5. The van der Waals surface area contributed by atoms with E-state index in [1.54, 1.807) is 39.0 Å². The van der Waals surface area contributed by atoms with Gasteiger partial charge in [-0.2, -0.15) is 0 Å². The lowest BCUT2D eigenvalue weighted by Gasteiger charge is -2.29. The molecule has 3 N–H and O–H groups in total. The number of rotatable bonds is 5. The van der Waals surface area contributed by atoms with E-state index < -0.39 is 11.6 Å². The summed E-state index contributed by atoms with van der Waals surface area (Å²) in [5.41, 5.74) is -0.363. The molecule has 1 unspecified atom stereocenters. The predicted molar refractivity (Wildman–Crippen MR) is 77.7 cm³/mol. The van der Waals surface area contributed by atoms with Crippen LogP contribution in [0.15, 0.2) is 24.3 Å². The molecule has 0 aromatic heterocycles. The molecule has 1 aromatic carbocycles. The van der Waals surface area contributed by atoms with Crippen LogP contribution in [-0.4, -0.2) is 35.1 Å². The number of nitrogens with one attached hydrogen (secondary N) is 2. The highest BCUT2D eigenvalue weighted by molar-refractivity contribution is 6.30. The lowest BCUT2D eigenvalue weighted by Crippen LogP contribution is -2.53. The molecule has 0 bridgehead atoms. The van der Waals surface area contributed by atoms with E-state index in [2.05, 4.69) is 10.6 Å². The van der Waals surface area contributed by atoms with Crippen molar-refractivity contribution in [1.29, 1.82) is 0 Å². The van der Waals surface area contributed by atoms with Crippen LogP contribution < -0.4 is 10.6 Å². The molecule has 110 valence electrons. The maximum atomic E-state index is 11.8. The van der Waals surface area contributed by atoms with Crippen LogP contribution in [-0.2, 0) is 4.79 Å². The average Bonchev–Trinajstić information content (AvgIpc) is 2.35. The monoisotopic (exact) mass is 298 g/mol. The van der Waals surface area contributed by atoms with Gasteiger partial charge < -0.3 is 15.7 Å². The second kappa shape index (κ2) is 6.72. The number of aliphatic hydroxyl groups is 1. The standard InChI is InChI=1S/C14H19ClN2O3/c1-9(18)14(2,3)17-12(19)8-16-13(20)10-5-4-6-11(15)7-10/h4-7,9,18H,8H2,1-3H3,(H,16,20)(H,17,19). The molecular formula is C14H19ClN2O3. The second-order valence-electron chi connectivity index (χ2n) is 5.14. The molecule has 2 amide bonds. The minimum atomic E-state index is -0.752. The van der Waals surface area contributed by atoms with Crippen molar-refractivity contribution in [2.45, 2.75) is 32.4 Å². The summed E-state index contributed by atoms with van der Waals surface area (Å²) in [6, 6.07) is 6.46. The van der Waals surface area contributed by atoms with Crippen LogP contribution in [0, 0.1) is 0 Å². The Bertz CT molecular complexity index is 501. The third kappa shape index (κ3) is 4.83. The van der Waals surface area contributed by atoms with Crippen LogP contribution in [0.25, 0.3) is 0 Å². The minimum Gasteiger partial charge on any atom is -0.391 e. The van der Waals surface area contributed by atoms with E-state index >= 15 is 0 Å². The smallest absolute Gasteiger partial charge is 0.251 e. The first-order valence-corrected chi connectivity index (χ1v) is 6.63. The number of hydrogen-bond acceptors (Lipinski definition) is 3. The number of carbonyl (C=O) groups excluding carboxylic acids is 2. The summed E-state index contributed by atoms with van der Waals surface area (Å²) in [6.07, 6.45) is -0.699. The molecule has 1 rings (SSSR count). The molecule has 0 aliphatic rings. The van der Waals surface area contributed by atoms with Crippen molar-refractivity contribution in [3.05, 3.63) is 34.9 Å². The molecule has 20 heavy (non-hydrogen) atoms. The van der Waals surface area contributed by atoms with E-state index in [9.17, 15) is 14.7 Å². The fraction of sp³-hybridized carbons (Fsp3) is 0.429. The number of aliphatic hydroxyl groups excluding tert-OH is 1. The molecule has 1 aromatic rings. The predicted octanol–water partition coefficient (Wildman–Crippen LogP) is 1.35. The molecule has 0 aliphatic heterocycles. The van der Waals surface area contributed by atoms with Gasteiger partial charge in [-0.1, -0.05) is 17.7 Å². The zero-order valence-electron chi connectivity index (χ0n) is 11.7. The summed E-state index contributed by atoms with van der Waals surface area (Å²) < 4.78 is 0. The number of carbonyl (C=O) groups is 2. The lowest BCUT2D eigenvalue weighted by atomic mass is 9.99. The van der Waals surface area contributed by atoms with Gasteiger partial charge in [0.15, 0.2) is 0 Å². The molecule has 5 nitrogen and oxygen atoms in total. The van der Waals surface area contributed by atoms with Crippen molar-refractivity contribution in [3.8, 4) is 0 Å². The second-order valence-corrected chi connectivity index (χ2v) is 5.58. The van der Waals surface area contributed by atoms with E-state index in [1.165, 1.54) is 6.07 Å². The molecule has 0 spiro atoms. The Kier molecular flexibility index (Phi) is 5.53. The quantitative estimate of drug-likeness (QED) is 0.768. The zero-order valence-corrected chi connectivity index (χ0v) is 12.5. The largest absolute Gasteiger partial charge is 0.391 e. The van der Waals surface area contributed by atoms with Gasteiger partial charge in [-0.3, -0.25) is 9.59 Å². The van der Waals surface area contributed by atoms with Gasteiger partial charge in [0.05, 0.1) is 18.2 Å². The van der Waals surface area contributed by atoms with Crippen molar-refractivity contribution in [3.63, 3.8) is 0 Å². The molecule has 0 heterocycles. The van der Waals surface area contributed by atoms with Crippen LogP contribution in [0.3, 0.4) is 0 Å². The average molecular weight is 299 g/mol. The molecule has 0 aliphatic carbocycles. The molecule has 0 saturated heterocycles. The summed E-state index contributed by atoms with van der Waals surface area (Å²) >= 11 is 5.79. The van der Waals surface area contributed by atoms with E-state index in [4.69, 9.17) is 11.6 Å². The van der Waals surface area contributed by atoms with Crippen molar-refractivity contribution >= 4 is 23.4 Å². The SMILES string of the molecule is CC(O)C(C)(C)NC(=O)CNC(=O)c1cccc(Cl)c1. The fourth-order valence-electron chi connectivity index (χ4n) is 1.40. The third-order valence-electron chi connectivity index (χ3n) is 3.00. The Labute approximate surface area is 123 Å². The van der Waals surface area contributed by atoms with Crippen LogP contribution in [0.5, 0.6) is 0 Å². The van der Waals surface area contributed by atoms with Gasteiger partial charge in [-0.15, -0.1) is 0 Å². The van der Waals surface area contributed by atoms with Crippen LogP contribution in [0.2, 0.25) is 5.02 Å². The van der Waals surface area contributed by atoms with Gasteiger partial charge in [0.2, 0.25) is 5.91 Å². The van der Waals surface area contributed by atoms with Crippen molar-refractivity contribution in [1.82, 2.24) is 10.6 Å². The van der Waals surface area contributed by atoms with E-state index in [0.29, 0.717) is 10.6 Å². The van der Waals surface area contributed by atoms with Gasteiger partial charge in [-0.25, -0.2) is 0 Å². The number of halogens is 1. The normalized spacial score (nSPS) is 12.7. The first-order chi connectivity index (χ1) is 9.22. The van der Waals surface area contributed by atoms with Gasteiger partial charge in [0.25, 0.3) is 5.91 Å². The van der Waals surface area contributed by atoms with E-state index in [-0.39, 0.29) is 18.4 Å². The molecule has 1 atom stereocenters. The van der Waals surface area contributed by atoms with Crippen LogP contribution >= 0.6 is 11.6 Å². The minimum absolute atomic E-state index is 0.165. The summed E-state index contributed by atoms with van der Waals surface area (Å²) in [5, 5.41) is 15.1. The summed E-state index contributed by atoms with van der Waals surface area (Å²) in [7, 11) is 0. The molecule has 0 saturated carbocycles. The van der Waals surface area contributed by atoms with Crippen LogP contribution in [0.4, 0.5) is 0 Å². The first-order valence-electron chi connectivity index (χ1n) is 6.25. The number of benzene rings is 1. The Balaban J connectivity index is 2.51. The third-order valence-corrected chi connectivity index (χ3v) is 3.24. The summed E-state index contributed by atoms with van der Waals surface area (Å²) in [6.45, 7) is 4.83. The van der Waals surface area contributed by atoms with Crippen molar-refractivity contribution in [2.24, 2.45) is 0 Å². The first kappa shape index (κ1) is 16.5. The maximum absolute atomic E-state index is 11.8. The van der Waals surface area contributed by atoms with Crippen molar-refractivity contribution < 1.29 is 14.7 Å². The fourth-order valence-corrected chi connectivity index (χ4v) is 1.59. The maximum Gasteiger partial charge on any atom is 0.251 e. The highest BCUT2D eigenvalue weighted by Gasteiger charge is 2.25. The van der Waals surface area contributed by atoms with Crippen molar-refractivity contribution in [2.75, 3.05) is 6.54 Å². The molecule has 0 radical (unpaired) electrons. The zero-order chi connectivity index (χ0) is 15.3.